The summed E-state index contributed by atoms with van der Waals surface area (Å²) in [6, 6.07) is 4.62. The quantitative estimate of drug-likeness (QED) is 0.335. The van der Waals surface area contributed by atoms with Gasteiger partial charge in [0.2, 0.25) is 0 Å². The van der Waals surface area contributed by atoms with Crippen molar-refractivity contribution >= 4 is 23.3 Å². The molecule has 2 aliphatic heterocycles. The zero-order valence-electron chi connectivity index (χ0n) is 19.0. The van der Waals surface area contributed by atoms with Crippen LogP contribution < -0.4 is 4.90 Å². The molecular weight excluding hydrogens is 414 g/mol. The number of likely N-dealkylation sites (N-methyl/N-ethyl adjacent to an activating group) is 1. The number of ether oxygens (including phenoxy) is 1. The number of amides is 1. The van der Waals surface area contributed by atoms with Gasteiger partial charge in [0.1, 0.15) is 12.2 Å². The summed E-state index contributed by atoms with van der Waals surface area (Å²) in [7, 11) is 3.36. The van der Waals surface area contributed by atoms with Crippen LogP contribution in [0.5, 0.6) is 0 Å². The molecule has 1 amide bonds. The number of benzene rings is 1. The molecule has 2 saturated heterocycles. The molecule has 2 aliphatic rings. The van der Waals surface area contributed by atoms with E-state index in [4.69, 9.17) is 4.74 Å². The molecule has 0 aliphatic carbocycles. The zero-order chi connectivity index (χ0) is 23.1. The molecule has 0 saturated carbocycles. The minimum Gasteiger partial charge on any atom is -0.468 e. The van der Waals surface area contributed by atoms with E-state index in [1.807, 2.05) is 4.90 Å². The monoisotopic (exact) mass is 447 g/mol. The van der Waals surface area contributed by atoms with Crippen molar-refractivity contribution in [2.24, 2.45) is 0 Å². The van der Waals surface area contributed by atoms with E-state index in [1.165, 1.54) is 18.1 Å². The van der Waals surface area contributed by atoms with Gasteiger partial charge in [-0.05, 0) is 38.4 Å². The predicted octanol–water partition coefficient (Wildman–Crippen LogP) is 1.45. The Kier molecular flexibility index (Phi) is 8.40. The van der Waals surface area contributed by atoms with E-state index in [0.29, 0.717) is 18.8 Å². The third-order valence-corrected chi connectivity index (χ3v) is 6.23. The van der Waals surface area contributed by atoms with Crippen LogP contribution in [0.2, 0.25) is 0 Å². The molecule has 1 aromatic carbocycles. The van der Waals surface area contributed by atoms with Crippen LogP contribution in [-0.2, 0) is 9.53 Å². The molecule has 0 bridgehead atoms. The highest BCUT2D eigenvalue weighted by Gasteiger charge is 2.26. The molecule has 2 fully saturated rings. The lowest BCUT2D eigenvalue weighted by Crippen LogP contribution is -2.48. The Hall–Kier alpha value is -2.72. The van der Waals surface area contributed by atoms with E-state index in [9.17, 15) is 19.7 Å². The molecule has 0 spiro atoms. The van der Waals surface area contributed by atoms with Gasteiger partial charge in [-0.3, -0.25) is 24.6 Å². The summed E-state index contributed by atoms with van der Waals surface area (Å²) in [5.74, 6) is -0.922. The number of nitro benzene ring substituents is 1. The molecule has 0 radical (unpaired) electrons. The van der Waals surface area contributed by atoms with Gasteiger partial charge < -0.3 is 19.4 Å². The van der Waals surface area contributed by atoms with Gasteiger partial charge in [-0.1, -0.05) is 0 Å². The Morgan fingerprint density at radius 1 is 1.09 bits per heavy atom. The van der Waals surface area contributed by atoms with Gasteiger partial charge in [0.25, 0.3) is 11.6 Å². The van der Waals surface area contributed by atoms with Gasteiger partial charge >= 0.3 is 5.97 Å². The Balaban J connectivity index is 1.77. The molecule has 10 heteroatoms. The highest BCUT2D eigenvalue weighted by molar-refractivity contribution is 5.97. The Morgan fingerprint density at radius 2 is 1.78 bits per heavy atom. The Morgan fingerprint density at radius 3 is 2.41 bits per heavy atom. The second-order valence-electron chi connectivity index (χ2n) is 8.46. The van der Waals surface area contributed by atoms with Gasteiger partial charge in [0.15, 0.2) is 0 Å². The zero-order valence-corrected chi connectivity index (χ0v) is 19.0. The van der Waals surface area contributed by atoms with Crippen molar-refractivity contribution in [3.8, 4) is 0 Å². The third kappa shape index (κ3) is 6.17. The van der Waals surface area contributed by atoms with Crippen molar-refractivity contribution in [2.75, 3.05) is 78.0 Å². The summed E-state index contributed by atoms with van der Waals surface area (Å²) >= 11 is 0. The average molecular weight is 448 g/mol. The Bertz CT molecular complexity index is 819. The summed E-state index contributed by atoms with van der Waals surface area (Å²) in [5.41, 5.74) is 0.679. The van der Waals surface area contributed by atoms with Gasteiger partial charge in [0, 0.05) is 64.0 Å². The summed E-state index contributed by atoms with van der Waals surface area (Å²) in [6.07, 6.45) is 3.12. The van der Waals surface area contributed by atoms with E-state index < -0.39 is 16.8 Å². The predicted molar refractivity (Wildman–Crippen MR) is 121 cm³/mol. The lowest BCUT2D eigenvalue weighted by Gasteiger charge is -2.33. The number of anilines is 1. The number of carbonyl (C=O) groups is 2. The third-order valence-electron chi connectivity index (χ3n) is 6.23. The first-order valence-electron chi connectivity index (χ1n) is 11.2. The van der Waals surface area contributed by atoms with Crippen LogP contribution in [0.3, 0.4) is 0 Å². The minimum atomic E-state index is -0.517. The smallest absolute Gasteiger partial charge is 0.325 e. The second kappa shape index (κ2) is 11.2. The molecule has 0 unspecified atom stereocenters. The fourth-order valence-corrected chi connectivity index (χ4v) is 4.19. The van der Waals surface area contributed by atoms with Crippen LogP contribution in [0.15, 0.2) is 18.2 Å². The van der Waals surface area contributed by atoms with Crippen molar-refractivity contribution in [2.45, 2.75) is 19.3 Å². The molecule has 0 aromatic heterocycles. The number of carbonyl (C=O) groups excluding carboxylic acids is 2. The first-order valence-corrected chi connectivity index (χ1v) is 11.2. The Labute approximate surface area is 188 Å². The van der Waals surface area contributed by atoms with Gasteiger partial charge in [-0.25, -0.2) is 0 Å². The fourth-order valence-electron chi connectivity index (χ4n) is 4.19. The summed E-state index contributed by atoms with van der Waals surface area (Å²) in [4.78, 5) is 44.4. The summed E-state index contributed by atoms with van der Waals surface area (Å²) < 4.78 is 4.77. The lowest BCUT2D eigenvalue weighted by atomic mass is 10.1. The van der Waals surface area contributed by atoms with Crippen molar-refractivity contribution in [3.05, 3.63) is 33.9 Å². The van der Waals surface area contributed by atoms with Crippen LogP contribution >= 0.6 is 0 Å². The molecule has 0 atom stereocenters. The van der Waals surface area contributed by atoms with Crippen LogP contribution in [0.4, 0.5) is 11.4 Å². The first kappa shape index (κ1) is 23.9. The number of hydrogen-bond donors (Lipinski definition) is 0. The van der Waals surface area contributed by atoms with Crippen molar-refractivity contribution in [1.82, 2.24) is 14.7 Å². The van der Waals surface area contributed by atoms with E-state index in [2.05, 4.69) is 16.8 Å². The molecule has 3 rings (SSSR count). The number of methoxy groups -OCH3 is 1. The van der Waals surface area contributed by atoms with Crippen LogP contribution in [0.1, 0.15) is 29.6 Å². The van der Waals surface area contributed by atoms with Crippen LogP contribution in [0.25, 0.3) is 0 Å². The van der Waals surface area contributed by atoms with Crippen molar-refractivity contribution in [1.29, 1.82) is 0 Å². The van der Waals surface area contributed by atoms with Crippen LogP contribution in [-0.4, -0.2) is 105 Å². The number of nitro groups is 1. The summed E-state index contributed by atoms with van der Waals surface area (Å²) in [6.45, 7) is 6.03. The second-order valence-corrected chi connectivity index (χ2v) is 8.46. The molecular formula is C22H33N5O5. The van der Waals surface area contributed by atoms with E-state index in [1.54, 1.807) is 12.1 Å². The number of nitrogens with zero attached hydrogens (tertiary/aromatic N) is 5. The van der Waals surface area contributed by atoms with Gasteiger partial charge in [0.05, 0.1) is 12.0 Å². The van der Waals surface area contributed by atoms with Gasteiger partial charge in [-0.2, -0.15) is 0 Å². The normalized spacial score (nSPS) is 17.8. The minimum absolute atomic E-state index is 0.0742. The number of esters is 1. The average Bonchev–Trinajstić information content (AvgIpc) is 2.82. The van der Waals surface area contributed by atoms with Crippen LogP contribution in [0, 0.1) is 10.1 Å². The van der Waals surface area contributed by atoms with E-state index in [0.717, 1.165) is 58.5 Å². The largest absolute Gasteiger partial charge is 0.468 e. The maximum atomic E-state index is 13.2. The number of piperidine rings is 1. The highest BCUT2D eigenvalue weighted by Crippen LogP contribution is 2.31. The number of rotatable bonds is 8. The lowest BCUT2D eigenvalue weighted by molar-refractivity contribution is -0.384. The van der Waals surface area contributed by atoms with Gasteiger partial charge in [-0.15, -0.1) is 0 Å². The SMILES string of the molecule is COC(=O)CN(CCN1CCN(C)CC1)C(=O)c1ccc(N2CCCCC2)c([N+](=O)[O-])c1. The van der Waals surface area contributed by atoms with Crippen molar-refractivity contribution in [3.63, 3.8) is 0 Å². The van der Waals surface area contributed by atoms with Crippen molar-refractivity contribution < 1.29 is 19.2 Å². The molecule has 10 nitrogen and oxygen atoms in total. The van der Waals surface area contributed by atoms with E-state index in [-0.39, 0.29) is 17.8 Å². The number of piperazine rings is 1. The molecule has 32 heavy (non-hydrogen) atoms. The van der Waals surface area contributed by atoms with E-state index >= 15 is 0 Å². The number of hydrogen-bond acceptors (Lipinski definition) is 8. The highest BCUT2D eigenvalue weighted by atomic mass is 16.6. The first-order chi connectivity index (χ1) is 15.4. The topological polar surface area (TPSA) is 99.5 Å². The standard InChI is InChI=1S/C22H33N5O5/c1-23-10-12-24(13-11-23)14-15-26(17-21(28)32-2)22(29)18-6-7-19(20(16-18)27(30)31)25-8-4-3-5-9-25/h6-7,16H,3-5,8-15,17H2,1-2H3. The molecule has 1 aromatic rings. The summed E-state index contributed by atoms with van der Waals surface area (Å²) in [5, 5.41) is 11.8. The molecule has 176 valence electrons. The maximum absolute atomic E-state index is 13.2. The molecule has 2 heterocycles. The fraction of sp³-hybridized carbons (Fsp3) is 0.636. The maximum Gasteiger partial charge on any atom is 0.325 e. The molecule has 0 N–H and O–H groups in total.